The highest BCUT2D eigenvalue weighted by molar-refractivity contribution is 5.53. The zero-order valence-electron chi connectivity index (χ0n) is 11.4. The molecule has 0 saturated heterocycles. The van der Waals surface area contributed by atoms with E-state index in [9.17, 15) is 0 Å². The Bertz CT molecular complexity index is 430. The zero-order valence-corrected chi connectivity index (χ0v) is 11.4. The Morgan fingerprint density at radius 1 is 0.875 bits per heavy atom. The van der Waals surface area contributed by atoms with Gasteiger partial charge < -0.3 is 0 Å². The average Bonchev–Trinajstić information content (AvgIpc) is 2.57. The van der Waals surface area contributed by atoms with E-state index in [2.05, 4.69) is 46.6 Å². The Labute approximate surface area is 99.5 Å². The summed E-state index contributed by atoms with van der Waals surface area (Å²) in [7, 11) is 2.21. The summed E-state index contributed by atoms with van der Waals surface area (Å²) in [5, 5.41) is 0. The zero-order chi connectivity index (χ0) is 12.0. The second-order valence-corrected chi connectivity index (χ2v) is 5.57. The van der Waals surface area contributed by atoms with E-state index in [4.69, 9.17) is 0 Å². The van der Waals surface area contributed by atoms with Gasteiger partial charge in [-0.3, -0.25) is 4.90 Å². The summed E-state index contributed by atoms with van der Waals surface area (Å²) in [6.45, 7) is 13.7. The summed E-state index contributed by atoms with van der Waals surface area (Å²) in [6, 6.07) is 0. The first kappa shape index (κ1) is 11.7. The molecule has 16 heavy (non-hydrogen) atoms. The van der Waals surface area contributed by atoms with Crippen LogP contribution in [0.5, 0.6) is 0 Å². The van der Waals surface area contributed by atoms with Crippen LogP contribution in [0.1, 0.15) is 53.1 Å². The van der Waals surface area contributed by atoms with Crippen molar-refractivity contribution in [2.75, 3.05) is 7.05 Å². The second-order valence-electron chi connectivity index (χ2n) is 5.57. The van der Waals surface area contributed by atoms with Crippen molar-refractivity contribution in [3.8, 4) is 0 Å². The van der Waals surface area contributed by atoms with Gasteiger partial charge in [-0.1, -0.05) is 13.8 Å². The van der Waals surface area contributed by atoms with Crippen molar-refractivity contribution in [2.45, 2.75) is 53.6 Å². The number of rotatable bonds is 1. The van der Waals surface area contributed by atoms with Crippen LogP contribution in [-0.4, -0.2) is 11.9 Å². The Morgan fingerprint density at radius 3 is 1.88 bits per heavy atom. The molecular weight excluding hydrogens is 194 g/mol. The average molecular weight is 217 g/mol. The maximum Gasteiger partial charge on any atom is 0.0240 e. The second kappa shape index (κ2) is 3.89. The topological polar surface area (TPSA) is 3.24 Å². The fourth-order valence-corrected chi connectivity index (χ4v) is 3.21. The van der Waals surface area contributed by atoms with Gasteiger partial charge in [-0.2, -0.15) is 0 Å². The SMILES string of the molecule is Cc1c(C)c(C(C)C)c(C)c2c1CN(C)C2. The Kier molecular flexibility index (Phi) is 2.83. The number of hydrogen-bond donors (Lipinski definition) is 0. The molecule has 0 aromatic heterocycles. The molecule has 0 bridgehead atoms. The molecule has 0 radical (unpaired) electrons. The predicted octanol–water partition coefficient (Wildman–Crippen LogP) is 3.68. The first-order valence-electron chi connectivity index (χ1n) is 6.23. The van der Waals surface area contributed by atoms with Crippen molar-refractivity contribution in [3.05, 3.63) is 33.4 Å². The molecule has 1 heteroatoms. The summed E-state index contributed by atoms with van der Waals surface area (Å²) in [4.78, 5) is 2.41. The van der Waals surface area contributed by atoms with E-state index in [-0.39, 0.29) is 0 Å². The van der Waals surface area contributed by atoms with Gasteiger partial charge in [-0.25, -0.2) is 0 Å². The van der Waals surface area contributed by atoms with Crippen molar-refractivity contribution in [1.82, 2.24) is 4.90 Å². The highest BCUT2D eigenvalue weighted by atomic mass is 15.1. The van der Waals surface area contributed by atoms with Gasteiger partial charge in [0.25, 0.3) is 0 Å². The summed E-state index contributed by atoms with van der Waals surface area (Å²) >= 11 is 0. The first-order chi connectivity index (χ1) is 7.43. The molecule has 0 saturated carbocycles. The van der Waals surface area contributed by atoms with Gasteiger partial charge in [0.2, 0.25) is 0 Å². The molecule has 0 fully saturated rings. The number of nitrogens with zero attached hydrogens (tertiary/aromatic N) is 1. The maximum absolute atomic E-state index is 2.41. The van der Waals surface area contributed by atoms with Crippen molar-refractivity contribution in [3.63, 3.8) is 0 Å². The van der Waals surface area contributed by atoms with Gasteiger partial charge in [0, 0.05) is 13.1 Å². The van der Waals surface area contributed by atoms with Gasteiger partial charge >= 0.3 is 0 Å². The fourth-order valence-electron chi connectivity index (χ4n) is 3.21. The number of fused-ring (bicyclic) bond motifs is 1. The summed E-state index contributed by atoms with van der Waals surface area (Å²) in [5.74, 6) is 0.634. The largest absolute Gasteiger partial charge is 0.298 e. The molecule has 1 heterocycles. The third kappa shape index (κ3) is 1.58. The monoisotopic (exact) mass is 217 g/mol. The van der Waals surface area contributed by atoms with Gasteiger partial charge in [0.05, 0.1) is 0 Å². The minimum absolute atomic E-state index is 0.634. The van der Waals surface area contributed by atoms with Gasteiger partial charge in [0.1, 0.15) is 0 Å². The van der Waals surface area contributed by atoms with E-state index >= 15 is 0 Å². The van der Waals surface area contributed by atoms with E-state index < -0.39 is 0 Å². The molecule has 0 N–H and O–H groups in total. The van der Waals surface area contributed by atoms with Crippen LogP contribution in [0.15, 0.2) is 0 Å². The number of hydrogen-bond acceptors (Lipinski definition) is 1. The summed E-state index contributed by atoms with van der Waals surface area (Å²) in [6.07, 6.45) is 0. The summed E-state index contributed by atoms with van der Waals surface area (Å²) in [5.41, 5.74) is 9.33. The lowest BCUT2D eigenvalue weighted by Crippen LogP contribution is -2.08. The molecule has 0 unspecified atom stereocenters. The van der Waals surface area contributed by atoms with Crippen LogP contribution in [0.25, 0.3) is 0 Å². The van der Waals surface area contributed by atoms with Crippen LogP contribution in [0, 0.1) is 20.8 Å². The van der Waals surface area contributed by atoms with E-state index in [0.717, 1.165) is 13.1 Å². The molecule has 1 aromatic rings. The van der Waals surface area contributed by atoms with Crippen LogP contribution < -0.4 is 0 Å². The van der Waals surface area contributed by atoms with Gasteiger partial charge in [-0.15, -0.1) is 0 Å². The normalized spacial score (nSPS) is 15.9. The number of benzene rings is 1. The van der Waals surface area contributed by atoms with Crippen LogP contribution in [0.2, 0.25) is 0 Å². The minimum Gasteiger partial charge on any atom is -0.298 e. The molecule has 0 atom stereocenters. The molecule has 0 spiro atoms. The first-order valence-corrected chi connectivity index (χ1v) is 6.23. The lowest BCUT2D eigenvalue weighted by atomic mass is 9.85. The molecule has 0 amide bonds. The van der Waals surface area contributed by atoms with Crippen molar-refractivity contribution in [1.29, 1.82) is 0 Å². The molecule has 88 valence electrons. The molecule has 1 aliphatic heterocycles. The predicted molar refractivity (Wildman–Crippen MR) is 69.9 cm³/mol. The fraction of sp³-hybridized carbons (Fsp3) is 0.600. The standard InChI is InChI=1S/C15H23N/c1-9(2)15-11(4)10(3)13-7-16(6)8-14(13)12(15)5/h9H,7-8H2,1-6H3. The third-order valence-corrected chi connectivity index (χ3v) is 4.07. The summed E-state index contributed by atoms with van der Waals surface area (Å²) < 4.78 is 0. The van der Waals surface area contributed by atoms with E-state index in [1.165, 1.54) is 16.7 Å². The molecule has 1 aliphatic rings. The van der Waals surface area contributed by atoms with Crippen LogP contribution in [0.4, 0.5) is 0 Å². The molecular formula is C15H23N. The lowest BCUT2D eigenvalue weighted by molar-refractivity contribution is 0.352. The van der Waals surface area contributed by atoms with Crippen molar-refractivity contribution >= 4 is 0 Å². The van der Waals surface area contributed by atoms with E-state index in [1.807, 2.05) is 0 Å². The third-order valence-electron chi connectivity index (χ3n) is 4.07. The molecule has 1 aromatic carbocycles. The minimum atomic E-state index is 0.634. The Hall–Kier alpha value is -0.820. The van der Waals surface area contributed by atoms with Crippen molar-refractivity contribution in [2.24, 2.45) is 0 Å². The van der Waals surface area contributed by atoms with E-state index in [0.29, 0.717) is 5.92 Å². The van der Waals surface area contributed by atoms with Crippen LogP contribution >= 0.6 is 0 Å². The highest BCUT2D eigenvalue weighted by Gasteiger charge is 2.24. The smallest absolute Gasteiger partial charge is 0.0240 e. The Morgan fingerprint density at radius 2 is 1.38 bits per heavy atom. The quantitative estimate of drug-likeness (QED) is 0.693. The van der Waals surface area contributed by atoms with Crippen LogP contribution in [-0.2, 0) is 13.1 Å². The van der Waals surface area contributed by atoms with Crippen LogP contribution in [0.3, 0.4) is 0 Å². The van der Waals surface area contributed by atoms with Crippen molar-refractivity contribution < 1.29 is 0 Å². The lowest BCUT2D eigenvalue weighted by Gasteiger charge is -2.20. The van der Waals surface area contributed by atoms with E-state index in [1.54, 1.807) is 16.7 Å². The van der Waals surface area contributed by atoms with Gasteiger partial charge in [-0.05, 0) is 67.1 Å². The Balaban J connectivity index is 2.69. The van der Waals surface area contributed by atoms with Gasteiger partial charge in [0.15, 0.2) is 0 Å². The molecule has 1 nitrogen and oxygen atoms in total. The maximum atomic E-state index is 2.41. The highest BCUT2D eigenvalue weighted by Crippen LogP contribution is 2.36. The molecule has 2 rings (SSSR count). The molecule has 0 aliphatic carbocycles.